The first-order valence-corrected chi connectivity index (χ1v) is 12.3. The van der Waals surface area contributed by atoms with Crippen LogP contribution in [0.4, 0.5) is 5.69 Å². The van der Waals surface area contributed by atoms with Crippen LogP contribution in [0, 0.1) is 0 Å². The van der Waals surface area contributed by atoms with Crippen molar-refractivity contribution in [3.63, 3.8) is 0 Å². The summed E-state index contributed by atoms with van der Waals surface area (Å²) >= 11 is 1.46. The van der Waals surface area contributed by atoms with E-state index in [1.54, 1.807) is 43.6 Å². The van der Waals surface area contributed by atoms with Gasteiger partial charge < -0.3 is 14.6 Å². The van der Waals surface area contributed by atoms with E-state index in [1.807, 2.05) is 5.38 Å². The molecule has 1 aromatic carbocycles. The highest BCUT2D eigenvalue weighted by molar-refractivity contribution is 7.89. The number of amides is 1. The first kappa shape index (κ1) is 23.6. The summed E-state index contributed by atoms with van der Waals surface area (Å²) in [7, 11) is -3.75. The molecule has 0 radical (unpaired) electrons. The van der Waals surface area contributed by atoms with Crippen molar-refractivity contribution in [2.75, 3.05) is 18.4 Å². The SMILES string of the molecule is CCN(CC)S(=O)(=O)c1ccc(=O)n(CC(=O)Nc2ccccc2OCc2cscn2)c1. The molecular weight excluding hydrogens is 452 g/mol. The number of anilines is 1. The molecule has 0 fully saturated rings. The Hall–Kier alpha value is -3.02. The Balaban J connectivity index is 1.75. The van der Waals surface area contributed by atoms with Gasteiger partial charge in [-0.1, -0.05) is 26.0 Å². The van der Waals surface area contributed by atoms with Crippen LogP contribution in [0.2, 0.25) is 0 Å². The van der Waals surface area contributed by atoms with Gasteiger partial charge in [0.15, 0.2) is 0 Å². The molecule has 0 atom stereocenters. The van der Waals surface area contributed by atoms with Crippen LogP contribution in [-0.4, -0.2) is 41.3 Å². The van der Waals surface area contributed by atoms with Crippen molar-refractivity contribution in [3.05, 3.63) is 69.5 Å². The van der Waals surface area contributed by atoms with Crippen LogP contribution in [-0.2, 0) is 28.0 Å². The summed E-state index contributed by atoms with van der Waals surface area (Å²) < 4.78 is 33.6. The molecule has 0 bridgehead atoms. The Morgan fingerprint density at radius 2 is 1.94 bits per heavy atom. The number of para-hydroxylation sites is 2. The number of rotatable bonds is 10. The fourth-order valence-corrected chi connectivity index (χ4v) is 5.02. The maximum atomic E-state index is 12.7. The van der Waals surface area contributed by atoms with Crippen LogP contribution < -0.4 is 15.6 Å². The zero-order valence-corrected chi connectivity index (χ0v) is 19.4. The maximum absolute atomic E-state index is 12.7. The fourth-order valence-electron chi connectivity index (χ4n) is 3.00. The number of nitrogens with one attached hydrogen (secondary N) is 1. The third-order valence-electron chi connectivity index (χ3n) is 4.63. The average molecular weight is 477 g/mol. The molecule has 0 saturated carbocycles. The van der Waals surface area contributed by atoms with Crippen LogP contribution >= 0.6 is 11.3 Å². The second-order valence-corrected chi connectivity index (χ2v) is 9.39. The van der Waals surface area contributed by atoms with E-state index >= 15 is 0 Å². The molecule has 9 nitrogen and oxygen atoms in total. The molecule has 32 heavy (non-hydrogen) atoms. The van der Waals surface area contributed by atoms with Gasteiger partial charge in [0.25, 0.3) is 5.56 Å². The zero-order valence-electron chi connectivity index (χ0n) is 17.7. The van der Waals surface area contributed by atoms with E-state index in [9.17, 15) is 18.0 Å². The van der Waals surface area contributed by atoms with Crippen molar-refractivity contribution in [2.45, 2.75) is 31.9 Å². The molecule has 0 unspecified atom stereocenters. The minimum Gasteiger partial charge on any atom is -0.485 e. The van der Waals surface area contributed by atoms with Gasteiger partial charge in [-0.15, -0.1) is 11.3 Å². The fraction of sp³-hybridized carbons (Fsp3) is 0.286. The molecular formula is C21H24N4O5S2. The number of thiazole rings is 1. The number of benzene rings is 1. The lowest BCUT2D eigenvalue weighted by atomic mass is 10.3. The minimum absolute atomic E-state index is 0.0411. The predicted molar refractivity (Wildman–Crippen MR) is 122 cm³/mol. The predicted octanol–water partition coefficient (Wildman–Crippen LogP) is 2.55. The first-order chi connectivity index (χ1) is 15.3. The largest absolute Gasteiger partial charge is 0.485 e. The van der Waals surface area contributed by atoms with E-state index in [2.05, 4.69) is 10.3 Å². The van der Waals surface area contributed by atoms with Gasteiger partial charge in [0, 0.05) is 30.7 Å². The minimum atomic E-state index is -3.75. The van der Waals surface area contributed by atoms with Gasteiger partial charge in [-0.2, -0.15) is 4.31 Å². The normalized spacial score (nSPS) is 11.5. The molecule has 0 aliphatic carbocycles. The third kappa shape index (κ3) is 5.61. The van der Waals surface area contributed by atoms with Gasteiger partial charge in [0.1, 0.15) is 18.9 Å². The Kier molecular flexibility index (Phi) is 7.78. The summed E-state index contributed by atoms with van der Waals surface area (Å²) in [6, 6.07) is 9.32. The number of carbonyl (C=O) groups is 1. The lowest BCUT2D eigenvalue weighted by molar-refractivity contribution is -0.116. The molecule has 0 aliphatic rings. The second kappa shape index (κ2) is 10.5. The standard InChI is InChI=1S/C21H24N4O5S2/c1-3-25(4-2)32(28,29)17-9-10-21(27)24(11-17)12-20(26)23-18-7-5-6-8-19(18)30-13-16-14-31-15-22-16/h5-11,14-15H,3-4,12-13H2,1-2H3,(H,23,26). The number of sulfonamides is 1. The molecule has 3 rings (SSSR count). The van der Waals surface area contributed by atoms with Crippen molar-refractivity contribution >= 4 is 33.0 Å². The van der Waals surface area contributed by atoms with E-state index in [1.165, 1.54) is 27.9 Å². The van der Waals surface area contributed by atoms with E-state index in [4.69, 9.17) is 4.74 Å². The van der Waals surface area contributed by atoms with Crippen LogP contribution in [0.1, 0.15) is 19.5 Å². The molecule has 0 saturated heterocycles. The molecule has 1 N–H and O–H groups in total. The zero-order chi connectivity index (χ0) is 23.1. The van der Waals surface area contributed by atoms with Crippen LogP contribution in [0.5, 0.6) is 5.75 Å². The summed E-state index contributed by atoms with van der Waals surface area (Å²) in [4.78, 5) is 29.0. The number of pyridine rings is 1. The molecule has 0 aliphatic heterocycles. The van der Waals surface area contributed by atoms with Crippen LogP contribution in [0.3, 0.4) is 0 Å². The summed E-state index contributed by atoms with van der Waals surface area (Å²) in [5.74, 6) is -0.0340. The average Bonchev–Trinajstić information content (AvgIpc) is 3.29. The molecule has 2 aromatic heterocycles. The molecule has 1 amide bonds. The van der Waals surface area contributed by atoms with Gasteiger partial charge >= 0.3 is 0 Å². The smallest absolute Gasteiger partial charge is 0.251 e. The second-order valence-electron chi connectivity index (χ2n) is 6.73. The Morgan fingerprint density at radius 3 is 2.62 bits per heavy atom. The van der Waals surface area contributed by atoms with E-state index < -0.39 is 21.5 Å². The van der Waals surface area contributed by atoms with Crippen molar-refractivity contribution in [1.82, 2.24) is 13.9 Å². The summed E-state index contributed by atoms with van der Waals surface area (Å²) in [5.41, 5.74) is 2.44. The maximum Gasteiger partial charge on any atom is 0.251 e. The monoisotopic (exact) mass is 476 g/mol. The molecule has 11 heteroatoms. The number of hydrogen-bond acceptors (Lipinski definition) is 7. The Labute approximate surface area is 190 Å². The van der Waals surface area contributed by atoms with Gasteiger partial charge in [-0.25, -0.2) is 13.4 Å². The van der Waals surface area contributed by atoms with Crippen LogP contribution in [0.25, 0.3) is 0 Å². The Morgan fingerprint density at radius 1 is 1.19 bits per heavy atom. The van der Waals surface area contributed by atoms with Gasteiger partial charge in [0.2, 0.25) is 15.9 Å². The van der Waals surface area contributed by atoms with E-state index in [-0.39, 0.29) is 18.0 Å². The molecule has 3 aromatic rings. The van der Waals surface area contributed by atoms with E-state index in [0.29, 0.717) is 24.5 Å². The van der Waals surface area contributed by atoms with Crippen molar-refractivity contribution in [1.29, 1.82) is 0 Å². The highest BCUT2D eigenvalue weighted by atomic mass is 32.2. The highest BCUT2D eigenvalue weighted by Gasteiger charge is 2.22. The number of nitrogens with zero attached hydrogens (tertiary/aromatic N) is 3. The topological polar surface area (TPSA) is 111 Å². The van der Waals surface area contributed by atoms with Crippen molar-refractivity contribution < 1.29 is 17.9 Å². The van der Waals surface area contributed by atoms with Gasteiger partial charge in [0.05, 0.1) is 21.8 Å². The van der Waals surface area contributed by atoms with Crippen LogP contribution in [0.15, 0.2) is 63.2 Å². The third-order valence-corrected chi connectivity index (χ3v) is 7.30. The lowest BCUT2D eigenvalue weighted by Gasteiger charge is -2.19. The van der Waals surface area contributed by atoms with Crippen molar-refractivity contribution in [2.24, 2.45) is 0 Å². The number of ether oxygens (including phenoxy) is 1. The van der Waals surface area contributed by atoms with E-state index in [0.717, 1.165) is 16.3 Å². The number of carbonyl (C=O) groups excluding carboxylic acids is 1. The quantitative estimate of drug-likeness (QED) is 0.482. The summed E-state index contributed by atoms with van der Waals surface area (Å²) in [5, 5.41) is 4.59. The summed E-state index contributed by atoms with van der Waals surface area (Å²) in [6.45, 7) is 3.98. The van der Waals surface area contributed by atoms with Crippen molar-refractivity contribution in [3.8, 4) is 5.75 Å². The molecule has 170 valence electrons. The summed E-state index contributed by atoms with van der Waals surface area (Å²) in [6.07, 6.45) is 1.19. The number of aromatic nitrogens is 2. The van der Waals surface area contributed by atoms with Gasteiger partial charge in [-0.05, 0) is 18.2 Å². The highest BCUT2D eigenvalue weighted by Crippen LogP contribution is 2.25. The molecule has 2 heterocycles. The van der Waals surface area contributed by atoms with Gasteiger partial charge in [-0.3, -0.25) is 9.59 Å². The first-order valence-electron chi connectivity index (χ1n) is 9.94. The number of hydrogen-bond donors (Lipinski definition) is 1. The Bertz CT molecular complexity index is 1220. The molecule has 0 spiro atoms. The lowest BCUT2D eigenvalue weighted by Crippen LogP contribution is -2.33.